The topological polar surface area (TPSA) is 115 Å². The number of thiazole rings is 1. The third-order valence-electron chi connectivity index (χ3n) is 10.1. The van der Waals surface area contributed by atoms with Crippen molar-refractivity contribution in [2.45, 2.75) is 58.5 Å². The van der Waals surface area contributed by atoms with Crippen molar-refractivity contribution in [1.82, 2.24) is 4.98 Å². The maximum atomic E-state index is 13.5. The second kappa shape index (κ2) is 8.10. The van der Waals surface area contributed by atoms with Gasteiger partial charge in [-0.1, -0.05) is 36.8 Å². The van der Waals surface area contributed by atoms with Crippen molar-refractivity contribution in [3.63, 3.8) is 0 Å². The molecule has 1 aliphatic heterocycles. The van der Waals surface area contributed by atoms with Gasteiger partial charge in [-0.05, 0) is 79.3 Å². The lowest BCUT2D eigenvalue weighted by atomic mass is 9.45. The molecule has 3 saturated carbocycles. The van der Waals surface area contributed by atoms with Crippen molar-refractivity contribution in [2.24, 2.45) is 40.4 Å². The van der Waals surface area contributed by atoms with Gasteiger partial charge >= 0.3 is 0 Å². The number of amides is 1. The summed E-state index contributed by atoms with van der Waals surface area (Å²) >= 11 is 1.48. The monoisotopic (exact) mass is 494 g/mol. The summed E-state index contributed by atoms with van der Waals surface area (Å²) in [6, 6.07) is 0. The molecule has 5 aliphatic rings. The number of carbonyl (C=O) groups is 2. The van der Waals surface area contributed by atoms with Crippen LogP contribution >= 0.6 is 11.3 Å². The molecule has 0 bridgehead atoms. The van der Waals surface area contributed by atoms with E-state index in [4.69, 9.17) is 5.41 Å². The molecule has 8 atom stereocenters. The lowest BCUT2D eigenvalue weighted by molar-refractivity contribution is -0.144. The fourth-order valence-electron chi connectivity index (χ4n) is 8.53. The van der Waals surface area contributed by atoms with Gasteiger partial charge in [0.15, 0.2) is 10.9 Å². The summed E-state index contributed by atoms with van der Waals surface area (Å²) in [5.74, 6) is 0.276. The molecule has 2 heterocycles. The summed E-state index contributed by atoms with van der Waals surface area (Å²) in [6.45, 7) is 5.19. The highest BCUT2D eigenvalue weighted by Crippen LogP contribution is 2.67. The molecule has 0 spiro atoms. The molecule has 35 heavy (non-hydrogen) atoms. The number of ketones is 1. The number of allylic oxidation sites excluding steroid dienone is 1. The molecule has 186 valence electrons. The molecule has 4 aliphatic carbocycles. The van der Waals surface area contributed by atoms with Crippen molar-refractivity contribution in [3.05, 3.63) is 23.4 Å². The number of rotatable bonds is 3. The van der Waals surface area contributed by atoms with Crippen molar-refractivity contribution < 1.29 is 14.7 Å². The van der Waals surface area contributed by atoms with Crippen molar-refractivity contribution in [3.8, 4) is 0 Å². The van der Waals surface area contributed by atoms with Crippen LogP contribution in [0.3, 0.4) is 0 Å². The average molecular weight is 495 g/mol. The van der Waals surface area contributed by atoms with Crippen LogP contribution in [0.2, 0.25) is 0 Å². The van der Waals surface area contributed by atoms with Gasteiger partial charge in [0.1, 0.15) is 5.00 Å². The second-order valence-corrected chi connectivity index (χ2v) is 12.7. The SMILES string of the molecule is CC12CC(C=N)C(=O)C=C1CCC1C2C(O)CC2(C)C(C(=O)Nc3nc4c(s3)NCC=C4)CCC12. The van der Waals surface area contributed by atoms with E-state index in [9.17, 15) is 14.7 Å². The van der Waals surface area contributed by atoms with Gasteiger partial charge in [0, 0.05) is 18.7 Å². The normalized spacial score (nSPS) is 41.6. The largest absolute Gasteiger partial charge is 0.393 e. The first kappa shape index (κ1) is 23.1. The van der Waals surface area contributed by atoms with Crippen LogP contribution in [-0.4, -0.2) is 40.6 Å². The number of hydrogen-bond acceptors (Lipinski definition) is 7. The second-order valence-electron chi connectivity index (χ2n) is 11.7. The zero-order valence-electron chi connectivity index (χ0n) is 20.3. The fraction of sp³-hybridized carbons (Fsp3) is 0.630. The minimum Gasteiger partial charge on any atom is -0.393 e. The Labute approximate surface area is 210 Å². The van der Waals surface area contributed by atoms with Gasteiger partial charge in [0.05, 0.1) is 17.7 Å². The van der Waals surface area contributed by atoms with E-state index in [2.05, 4.69) is 29.5 Å². The quantitative estimate of drug-likeness (QED) is 0.462. The Morgan fingerprint density at radius 3 is 2.91 bits per heavy atom. The Morgan fingerprint density at radius 1 is 1.31 bits per heavy atom. The first-order valence-electron chi connectivity index (χ1n) is 12.9. The van der Waals surface area contributed by atoms with Gasteiger partial charge in [-0.25, -0.2) is 4.98 Å². The van der Waals surface area contributed by atoms with Gasteiger partial charge in [-0.3, -0.25) is 9.59 Å². The van der Waals surface area contributed by atoms with Crippen LogP contribution in [0.1, 0.15) is 58.1 Å². The molecule has 0 radical (unpaired) electrons. The number of fused-ring (bicyclic) bond motifs is 6. The van der Waals surface area contributed by atoms with Gasteiger partial charge < -0.3 is 21.1 Å². The molecule has 1 aromatic rings. The van der Waals surface area contributed by atoms with Crippen molar-refractivity contribution >= 4 is 45.5 Å². The number of aliphatic hydroxyl groups is 1. The minimum atomic E-state index is -0.524. The van der Waals surface area contributed by atoms with Crippen LogP contribution in [0.15, 0.2) is 17.7 Å². The summed E-state index contributed by atoms with van der Waals surface area (Å²) < 4.78 is 0. The molecular formula is C27H34N4O3S. The molecule has 3 fully saturated rings. The highest BCUT2D eigenvalue weighted by atomic mass is 32.1. The van der Waals surface area contributed by atoms with E-state index in [1.54, 1.807) is 6.08 Å². The van der Waals surface area contributed by atoms with Crippen LogP contribution in [0.4, 0.5) is 10.1 Å². The zero-order valence-corrected chi connectivity index (χ0v) is 21.2. The number of carbonyl (C=O) groups excluding carboxylic acids is 2. The van der Waals surface area contributed by atoms with Crippen molar-refractivity contribution in [2.75, 3.05) is 17.2 Å². The summed E-state index contributed by atoms with van der Waals surface area (Å²) in [5.41, 5.74) is 1.51. The Balaban J connectivity index is 1.25. The van der Waals surface area contributed by atoms with Crippen LogP contribution in [0, 0.1) is 45.8 Å². The number of nitrogens with one attached hydrogen (secondary N) is 3. The van der Waals surface area contributed by atoms with E-state index in [-0.39, 0.29) is 34.4 Å². The number of hydrogen-bond donors (Lipinski definition) is 4. The summed E-state index contributed by atoms with van der Waals surface area (Å²) in [4.78, 5) is 30.6. The highest BCUT2D eigenvalue weighted by molar-refractivity contribution is 7.19. The Bertz CT molecular complexity index is 1160. The molecule has 8 heteroatoms. The van der Waals surface area contributed by atoms with E-state index >= 15 is 0 Å². The van der Waals surface area contributed by atoms with E-state index in [1.165, 1.54) is 17.6 Å². The maximum absolute atomic E-state index is 13.5. The first-order chi connectivity index (χ1) is 16.7. The van der Waals surface area contributed by atoms with Gasteiger partial charge in [-0.15, -0.1) is 0 Å². The van der Waals surface area contributed by atoms with E-state index < -0.39 is 12.0 Å². The summed E-state index contributed by atoms with van der Waals surface area (Å²) in [7, 11) is 0. The third-order valence-corrected chi connectivity index (χ3v) is 11.0. The third kappa shape index (κ3) is 3.39. The van der Waals surface area contributed by atoms with Crippen LogP contribution < -0.4 is 10.6 Å². The Kier molecular flexibility index (Phi) is 5.35. The molecular weight excluding hydrogens is 460 g/mol. The predicted molar refractivity (Wildman–Crippen MR) is 138 cm³/mol. The Hall–Kier alpha value is -2.32. The lowest BCUT2D eigenvalue weighted by Gasteiger charge is -2.60. The minimum absolute atomic E-state index is 0.0189. The molecule has 7 nitrogen and oxygen atoms in total. The lowest BCUT2D eigenvalue weighted by Crippen LogP contribution is -2.58. The van der Waals surface area contributed by atoms with E-state index in [1.807, 2.05) is 12.2 Å². The first-order valence-corrected chi connectivity index (χ1v) is 13.7. The molecule has 8 unspecified atom stereocenters. The molecule has 4 N–H and O–H groups in total. The molecule has 0 aromatic carbocycles. The maximum Gasteiger partial charge on any atom is 0.229 e. The van der Waals surface area contributed by atoms with E-state index in [0.717, 1.165) is 48.5 Å². The van der Waals surface area contributed by atoms with Crippen molar-refractivity contribution in [1.29, 1.82) is 5.41 Å². The number of nitrogens with zero attached hydrogens (tertiary/aromatic N) is 1. The standard InChI is InChI=1S/C27H34N4O3S/c1-26-11-14(13-28)20(32)10-15(26)5-6-16-17-7-8-18(27(17,2)12-21(33)22(16)26)23(34)31-25-30-19-4-3-9-29-24(19)35-25/h3-4,10,13-14,16-18,21-22,28-29,33H,5-9,11-12H2,1-2H3,(H,30,31,34). The number of anilines is 2. The van der Waals surface area contributed by atoms with E-state index in [0.29, 0.717) is 29.8 Å². The van der Waals surface area contributed by atoms with Gasteiger partial charge in [0.2, 0.25) is 5.91 Å². The van der Waals surface area contributed by atoms with Gasteiger partial charge in [0.25, 0.3) is 0 Å². The van der Waals surface area contributed by atoms with Crippen LogP contribution in [0.25, 0.3) is 6.08 Å². The molecule has 1 amide bonds. The Morgan fingerprint density at radius 2 is 2.14 bits per heavy atom. The van der Waals surface area contributed by atoms with Crippen LogP contribution in [0.5, 0.6) is 0 Å². The molecule has 1 aromatic heterocycles. The molecule has 6 rings (SSSR count). The fourth-order valence-corrected chi connectivity index (χ4v) is 9.39. The summed E-state index contributed by atoms with van der Waals surface area (Å²) in [6.07, 6.45) is 11.4. The zero-order chi connectivity index (χ0) is 24.5. The summed E-state index contributed by atoms with van der Waals surface area (Å²) in [5, 5.41) is 27.4. The number of aromatic nitrogens is 1. The smallest absolute Gasteiger partial charge is 0.229 e. The highest BCUT2D eigenvalue weighted by Gasteiger charge is 2.63. The average Bonchev–Trinajstić information content (AvgIpc) is 3.38. The predicted octanol–water partition coefficient (Wildman–Crippen LogP) is 4.51. The van der Waals surface area contributed by atoms with Gasteiger partial charge in [-0.2, -0.15) is 0 Å². The number of aliphatic hydroxyl groups excluding tert-OH is 1. The molecule has 0 saturated heterocycles. The van der Waals surface area contributed by atoms with Crippen LogP contribution in [-0.2, 0) is 9.59 Å².